The quantitative estimate of drug-likeness (QED) is 0.614. The molecule has 21 heavy (non-hydrogen) atoms. The molecule has 1 fully saturated rings. The van der Waals surface area contributed by atoms with Gasteiger partial charge < -0.3 is 9.15 Å². The second kappa shape index (κ2) is 6.94. The average molecular weight is 307 g/mol. The van der Waals surface area contributed by atoms with Gasteiger partial charge in [-0.1, -0.05) is 6.08 Å². The van der Waals surface area contributed by atoms with Crippen molar-refractivity contribution in [2.24, 2.45) is 0 Å². The molecule has 0 aromatic carbocycles. The van der Waals surface area contributed by atoms with Gasteiger partial charge in [-0.15, -0.1) is 0 Å². The lowest BCUT2D eigenvalue weighted by atomic mass is 10.3. The topological polar surface area (TPSA) is 76.8 Å². The highest BCUT2D eigenvalue weighted by molar-refractivity contribution is 8.18. The van der Waals surface area contributed by atoms with Crippen LogP contribution in [0.4, 0.5) is 4.79 Å². The Kier molecular flexibility index (Phi) is 4.99. The zero-order valence-electron chi connectivity index (χ0n) is 11.3. The summed E-state index contributed by atoms with van der Waals surface area (Å²) in [5, 5.41) is -0.481. The maximum absolute atomic E-state index is 12.0. The number of nitrogens with zero attached hydrogens (tertiary/aromatic N) is 1. The van der Waals surface area contributed by atoms with E-state index in [4.69, 9.17) is 9.15 Å². The number of hydrogen-bond acceptors (Lipinski definition) is 6. The van der Waals surface area contributed by atoms with Crippen LogP contribution in [0.1, 0.15) is 12.7 Å². The van der Waals surface area contributed by atoms with E-state index in [1.165, 1.54) is 12.3 Å². The Bertz CT molecular complexity index is 603. The molecule has 2 amide bonds. The molecule has 2 rings (SSSR count). The summed E-state index contributed by atoms with van der Waals surface area (Å²) in [6.45, 7) is 1.50. The Morgan fingerprint density at radius 3 is 2.95 bits per heavy atom. The van der Waals surface area contributed by atoms with Crippen LogP contribution in [0, 0.1) is 0 Å². The van der Waals surface area contributed by atoms with Gasteiger partial charge in [0, 0.05) is 0 Å². The fraction of sp³-hybridized carbons (Fsp3) is 0.214. The third-order valence-corrected chi connectivity index (χ3v) is 3.44. The molecule has 1 aliphatic heterocycles. The minimum absolute atomic E-state index is 0.205. The number of carbonyl (C=O) groups excluding carboxylic acids is 3. The molecule has 1 aromatic heterocycles. The van der Waals surface area contributed by atoms with E-state index in [1.54, 1.807) is 31.2 Å². The summed E-state index contributed by atoms with van der Waals surface area (Å²) < 4.78 is 9.83. The van der Waals surface area contributed by atoms with E-state index in [2.05, 4.69) is 0 Å². The highest BCUT2D eigenvalue weighted by Gasteiger charge is 2.36. The van der Waals surface area contributed by atoms with Crippen molar-refractivity contribution in [3.8, 4) is 0 Å². The molecule has 1 saturated heterocycles. The molecule has 7 heteroatoms. The minimum Gasteiger partial charge on any atom is -0.465 e. The first-order chi connectivity index (χ1) is 10.1. The summed E-state index contributed by atoms with van der Waals surface area (Å²) in [5.74, 6) is -0.466. The smallest absolute Gasteiger partial charge is 0.326 e. The number of ether oxygens (including phenoxy) is 1. The van der Waals surface area contributed by atoms with Crippen LogP contribution in [0.5, 0.6) is 0 Å². The normalized spacial score (nSPS) is 17.2. The minimum atomic E-state index is -0.604. The van der Waals surface area contributed by atoms with Gasteiger partial charge in [0.1, 0.15) is 12.3 Å². The largest absolute Gasteiger partial charge is 0.465 e. The lowest BCUT2D eigenvalue weighted by Crippen LogP contribution is -2.34. The van der Waals surface area contributed by atoms with Gasteiger partial charge in [0.15, 0.2) is 0 Å². The molecule has 0 saturated carbocycles. The van der Waals surface area contributed by atoms with E-state index in [1.807, 2.05) is 0 Å². The van der Waals surface area contributed by atoms with Crippen LogP contribution in [0.2, 0.25) is 0 Å². The van der Waals surface area contributed by atoms with Gasteiger partial charge in [0.2, 0.25) is 0 Å². The van der Waals surface area contributed by atoms with Gasteiger partial charge in [-0.2, -0.15) is 0 Å². The zero-order valence-corrected chi connectivity index (χ0v) is 12.1. The summed E-state index contributed by atoms with van der Waals surface area (Å²) in [6.07, 6.45) is 6.32. The summed E-state index contributed by atoms with van der Waals surface area (Å²) in [5.41, 5.74) is 0. The standard InChI is InChI=1S/C14H13NO5S/c1-2-19-12(16)9-15-13(17)11(21-14(15)18)7-3-5-10-6-4-8-20-10/h3-8H,2,9H2,1H3/b5-3+,11-7-. The Hall–Kier alpha value is -2.28. The molecule has 0 aliphatic carbocycles. The van der Waals surface area contributed by atoms with Gasteiger partial charge in [-0.25, -0.2) is 0 Å². The molecule has 1 aromatic rings. The number of allylic oxidation sites excluding steroid dienone is 2. The van der Waals surface area contributed by atoms with Gasteiger partial charge >= 0.3 is 5.97 Å². The van der Waals surface area contributed by atoms with E-state index in [0.717, 1.165) is 16.7 Å². The first-order valence-electron chi connectivity index (χ1n) is 6.23. The predicted molar refractivity (Wildman–Crippen MR) is 77.2 cm³/mol. The lowest BCUT2D eigenvalue weighted by Gasteiger charge is -2.10. The molecule has 2 heterocycles. The number of esters is 1. The fourth-order valence-electron chi connectivity index (χ4n) is 1.60. The third-order valence-electron chi connectivity index (χ3n) is 2.52. The zero-order chi connectivity index (χ0) is 15.2. The third kappa shape index (κ3) is 3.85. The Morgan fingerprint density at radius 1 is 1.48 bits per heavy atom. The Morgan fingerprint density at radius 2 is 2.29 bits per heavy atom. The van der Waals surface area contributed by atoms with Gasteiger partial charge in [0.05, 0.1) is 17.8 Å². The second-order valence-electron chi connectivity index (χ2n) is 3.97. The van der Waals surface area contributed by atoms with E-state index < -0.39 is 17.1 Å². The Labute approximate surface area is 125 Å². The molecule has 0 atom stereocenters. The molecule has 0 bridgehead atoms. The van der Waals surface area contributed by atoms with Crippen molar-refractivity contribution in [2.75, 3.05) is 13.2 Å². The van der Waals surface area contributed by atoms with Gasteiger partial charge in [-0.05, 0) is 43.0 Å². The van der Waals surface area contributed by atoms with E-state index >= 15 is 0 Å². The number of carbonyl (C=O) groups is 3. The number of hydrogen-bond donors (Lipinski definition) is 0. The second-order valence-corrected chi connectivity index (χ2v) is 4.96. The summed E-state index contributed by atoms with van der Waals surface area (Å²) in [6, 6.07) is 3.50. The maximum atomic E-state index is 12.0. The van der Waals surface area contributed by atoms with Crippen LogP contribution in [0.15, 0.2) is 39.9 Å². The fourth-order valence-corrected chi connectivity index (χ4v) is 2.39. The monoisotopic (exact) mass is 307 g/mol. The summed E-state index contributed by atoms with van der Waals surface area (Å²) >= 11 is 0.788. The van der Waals surface area contributed by atoms with Crippen molar-refractivity contribution in [1.82, 2.24) is 4.90 Å². The summed E-state index contributed by atoms with van der Waals surface area (Å²) in [4.78, 5) is 36.2. The number of thioether (sulfide) groups is 1. The molecule has 110 valence electrons. The molecule has 0 radical (unpaired) electrons. The molecule has 0 unspecified atom stereocenters. The van der Waals surface area contributed by atoms with Crippen LogP contribution in [-0.2, 0) is 14.3 Å². The molecule has 0 N–H and O–H groups in total. The summed E-state index contributed by atoms with van der Waals surface area (Å²) in [7, 11) is 0. The van der Waals surface area contributed by atoms with E-state index in [9.17, 15) is 14.4 Å². The van der Waals surface area contributed by atoms with Crippen molar-refractivity contribution < 1.29 is 23.5 Å². The molecule has 6 nitrogen and oxygen atoms in total. The highest BCUT2D eigenvalue weighted by atomic mass is 32.2. The van der Waals surface area contributed by atoms with Gasteiger partial charge in [0.25, 0.3) is 11.1 Å². The van der Waals surface area contributed by atoms with Crippen LogP contribution in [0.3, 0.4) is 0 Å². The highest BCUT2D eigenvalue weighted by Crippen LogP contribution is 2.30. The van der Waals surface area contributed by atoms with Gasteiger partial charge in [-0.3, -0.25) is 19.3 Å². The molecular weight excluding hydrogens is 294 g/mol. The van der Waals surface area contributed by atoms with Crippen molar-refractivity contribution >= 4 is 35.0 Å². The number of furan rings is 1. The first kappa shape index (κ1) is 15.1. The number of rotatable bonds is 5. The lowest BCUT2D eigenvalue weighted by molar-refractivity contribution is -0.146. The van der Waals surface area contributed by atoms with Crippen LogP contribution in [0.25, 0.3) is 6.08 Å². The van der Waals surface area contributed by atoms with Crippen molar-refractivity contribution in [2.45, 2.75) is 6.92 Å². The van der Waals surface area contributed by atoms with Crippen LogP contribution in [-0.4, -0.2) is 35.2 Å². The van der Waals surface area contributed by atoms with Crippen molar-refractivity contribution in [3.05, 3.63) is 41.2 Å². The van der Waals surface area contributed by atoms with E-state index in [0.29, 0.717) is 5.76 Å². The number of imide groups is 1. The average Bonchev–Trinajstić information content (AvgIpc) is 3.04. The van der Waals surface area contributed by atoms with Crippen molar-refractivity contribution in [3.63, 3.8) is 0 Å². The SMILES string of the molecule is CCOC(=O)CN1C(=O)S/C(=C\C=C\c2ccco2)C1=O. The maximum Gasteiger partial charge on any atom is 0.326 e. The van der Waals surface area contributed by atoms with Crippen molar-refractivity contribution in [1.29, 1.82) is 0 Å². The molecule has 0 spiro atoms. The van der Waals surface area contributed by atoms with Crippen LogP contribution >= 0.6 is 11.8 Å². The predicted octanol–water partition coefficient (Wildman–Crippen LogP) is 2.44. The molecular formula is C14H13NO5S. The van der Waals surface area contributed by atoms with E-state index in [-0.39, 0.29) is 18.1 Å². The Balaban J connectivity index is 2.02. The van der Waals surface area contributed by atoms with Crippen LogP contribution < -0.4 is 0 Å². The first-order valence-corrected chi connectivity index (χ1v) is 7.04. The number of amides is 2. The molecule has 1 aliphatic rings.